The number of halogens is 1. The SMILES string of the molecule is CC(=O)OCC(CON=C1CN(c2ncc(-c3cccc(COC(=O)N=C(N)N)c3F)cn2)C1)COC1CCCCO1. The third-order valence-electron chi connectivity index (χ3n) is 6.31. The van der Waals surface area contributed by atoms with Crippen LogP contribution < -0.4 is 16.4 Å². The van der Waals surface area contributed by atoms with E-state index >= 15 is 4.39 Å². The summed E-state index contributed by atoms with van der Waals surface area (Å²) in [5.41, 5.74) is 11.9. The Morgan fingerprint density at radius 1 is 1.14 bits per heavy atom. The summed E-state index contributed by atoms with van der Waals surface area (Å²) in [4.78, 5) is 42.1. The van der Waals surface area contributed by atoms with Crippen LogP contribution in [-0.2, 0) is 35.2 Å². The molecular formula is C27H34FN7O7. The zero-order valence-electron chi connectivity index (χ0n) is 23.2. The van der Waals surface area contributed by atoms with E-state index in [4.69, 9.17) is 35.3 Å². The number of guanidine groups is 1. The molecule has 4 rings (SSSR count). The van der Waals surface area contributed by atoms with Crippen molar-refractivity contribution in [2.24, 2.45) is 27.5 Å². The van der Waals surface area contributed by atoms with E-state index in [2.05, 4.69) is 20.1 Å². The minimum atomic E-state index is -1.02. The van der Waals surface area contributed by atoms with E-state index in [1.165, 1.54) is 25.4 Å². The molecule has 0 saturated carbocycles. The van der Waals surface area contributed by atoms with Crippen LogP contribution in [0.1, 0.15) is 31.7 Å². The van der Waals surface area contributed by atoms with Gasteiger partial charge in [0.2, 0.25) is 5.95 Å². The lowest BCUT2D eigenvalue weighted by Crippen LogP contribution is -2.48. The highest BCUT2D eigenvalue weighted by atomic mass is 19.1. The summed E-state index contributed by atoms with van der Waals surface area (Å²) in [5, 5.41) is 4.18. The van der Waals surface area contributed by atoms with Gasteiger partial charge in [-0.1, -0.05) is 23.4 Å². The van der Waals surface area contributed by atoms with Crippen molar-refractivity contribution in [3.8, 4) is 11.1 Å². The van der Waals surface area contributed by atoms with Crippen LogP contribution in [-0.4, -0.2) is 79.5 Å². The molecule has 2 unspecified atom stereocenters. The molecule has 226 valence electrons. The summed E-state index contributed by atoms with van der Waals surface area (Å²) in [5.74, 6) is -1.14. The van der Waals surface area contributed by atoms with Crippen molar-refractivity contribution >= 4 is 29.7 Å². The van der Waals surface area contributed by atoms with Crippen molar-refractivity contribution in [3.63, 3.8) is 0 Å². The topological polar surface area (TPSA) is 186 Å². The third kappa shape index (κ3) is 9.07. The Labute approximate surface area is 241 Å². The number of ether oxygens (including phenoxy) is 4. The van der Waals surface area contributed by atoms with E-state index < -0.39 is 17.9 Å². The van der Waals surface area contributed by atoms with Gasteiger partial charge in [0.15, 0.2) is 12.2 Å². The number of nitrogens with zero attached hydrogens (tertiary/aromatic N) is 5. The molecule has 4 N–H and O–H groups in total. The van der Waals surface area contributed by atoms with E-state index in [-0.39, 0.29) is 49.1 Å². The van der Waals surface area contributed by atoms with Crippen LogP contribution in [0.4, 0.5) is 15.1 Å². The van der Waals surface area contributed by atoms with E-state index in [1.807, 2.05) is 4.90 Å². The Bertz CT molecular complexity index is 1270. The lowest BCUT2D eigenvalue weighted by atomic mass is 10.1. The average molecular weight is 588 g/mol. The normalized spacial score (nSPS) is 17.0. The van der Waals surface area contributed by atoms with Gasteiger partial charge in [0.05, 0.1) is 37.9 Å². The molecule has 14 nitrogen and oxygen atoms in total. The van der Waals surface area contributed by atoms with Gasteiger partial charge in [-0.15, -0.1) is 4.99 Å². The Morgan fingerprint density at radius 2 is 1.93 bits per heavy atom. The number of benzene rings is 1. The van der Waals surface area contributed by atoms with Crippen molar-refractivity contribution in [1.29, 1.82) is 0 Å². The van der Waals surface area contributed by atoms with Gasteiger partial charge in [-0.3, -0.25) is 4.79 Å². The van der Waals surface area contributed by atoms with Crippen LogP contribution in [0.5, 0.6) is 0 Å². The van der Waals surface area contributed by atoms with Crippen LogP contribution >= 0.6 is 0 Å². The molecule has 15 heteroatoms. The number of rotatable bonds is 12. The van der Waals surface area contributed by atoms with Gasteiger partial charge in [-0.2, -0.15) is 0 Å². The van der Waals surface area contributed by atoms with Crippen LogP contribution in [0.2, 0.25) is 0 Å². The molecule has 2 atom stereocenters. The molecule has 3 heterocycles. The number of hydrogen-bond acceptors (Lipinski definition) is 11. The standard InChI is InChI=1S/C27H34FN7O7/c1-17(36)39-13-18(14-40-23-7-2-3-8-38-23)15-42-34-21-11-35(12-21)26-31-9-20(10-32-26)22-6-4-5-19(24(22)28)16-41-27(37)33-25(29)30/h4-6,9-10,18,23H,2-3,7-8,11-16H2,1H3,(H4,29,30,33,37). The van der Waals surface area contributed by atoms with Crippen molar-refractivity contribution < 1.29 is 37.8 Å². The summed E-state index contributed by atoms with van der Waals surface area (Å²) in [6.45, 7) is 3.30. The fourth-order valence-corrected chi connectivity index (χ4v) is 4.11. The Morgan fingerprint density at radius 3 is 2.62 bits per heavy atom. The number of nitrogens with two attached hydrogens (primary N) is 2. The Kier molecular flexibility index (Phi) is 10.9. The quantitative estimate of drug-likeness (QED) is 0.160. The predicted molar refractivity (Wildman–Crippen MR) is 149 cm³/mol. The summed E-state index contributed by atoms with van der Waals surface area (Å²) in [6, 6.07) is 4.68. The minimum absolute atomic E-state index is 0.142. The van der Waals surface area contributed by atoms with E-state index in [0.29, 0.717) is 37.8 Å². The number of carbonyl (C=O) groups excluding carboxylic acids is 2. The molecule has 1 aromatic carbocycles. The highest BCUT2D eigenvalue weighted by molar-refractivity contribution is 5.98. The zero-order valence-corrected chi connectivity index (χ0v) is 23.2. The Hall–Kier alpha value is -4.37. The number of aromatic nitrogens is 2. The fourth-order valence-electron chi connectivity index (χ4n) is 4.11. The monoisotopic (exact) mass is 587 g/mol. The Balaban J connectivity index is 1.26. The maximum absolute atomic E-state index is 15.1. The number of amides is 1. The molecular weight excluding hydrogens is 553 g/mol. The number of anilines is 1. The first kappa shape index (κ1) is 30.6. The maximum atomic E-state index is 15.1. The highest BCUT2D eigenvalue weighted by Crippen LogP contribution is 2.26. The molecule has 0 radical (unpaired) electrons. The van der Waals surface area contributed by atoms with Gasteiger partial charge < -0.3 is 40.2 Å². The number of esters is 1. The molecule has 0 bridgehead atoms. The maximum Gasteiger partial charge on any atom is 0.437 e. The van der Waals surface area contributed by atoms with Gasteiger partial charge in [0.1, 0.15) is 19.0 Å². The lowest BCUT2D eigenvalue weighted by molar-refractivity contribution is -0.176. The average Bonchev–Trinajstić information content (AvgIpc) is 2.95. The molecule has 1 aromatic heterocycles. The van der Waals surface area contributed by atoms with E-state index in [1.54, 1.807) is 12.1 Å². The molecule has 2 fully saturated rings. The van der Waals surface area contributed by atoms with Crippen molar-refractivity contribution in [2.45, 2.75) is 39.1 Å². The van der Waals surface area contributed by atoms with E-state index in [0.717, 1.165) is 25.0 Å². The van der Waals surface area contributed by atoms with Gasteiger partial charge in [-0.05, 0) is 19.3 Å². The number of hydrogen-bond donors (Lipinski definition) is 2. The minimum Gasteiger partial charge on any atom is -0.465 e. The number of aliphatic imine (C=N–C) groups is 1. The number of oxime groups is 1. The van der Waals surface area contributed by atoms with Gasteiger partial charge in [0, 0.05) is 42.6 Å². The largest absolute Gasteiger partial charge is 0.465 e. The van der Waals surface area contributed by atoms with Crippen LogP contribution in [0, 0.1) is 11.7 Å². The first-order valence-corrected chi connectivity index (χ1v) is 13.4. The van der Waals surface area contributed by atoms with Crippen LogP contribution in [0.25, 0.3) is 11.1 Å². The molecule has 2 aliphatic rings. The molecule has 42 heavy (non-hydrogen) atoms. The molecule has 2 aliphatic heterocycles. The highest BCUT2D eigenvalue weighted by Gasteiger charge is 2.26. The summed E-state index contributed by atoms with van der Waals surface area (Å²) in [6.07, 6.45) is 4.67. The molecule has 0 spiro atoms. The summed E-state index contributed by atoms with van der Waals surface area (Å²) in [7, 11) is 0. The summed E-state index contributed by atoms with van der Waals surface area (Å²) >= 11 is 0. The van der Waals surface area contributed by atoms with Crippen LogP contribution in [0.15, 0.2) is 40.7 Å². The van der Waals surface area contributed by atoms with Crippen molar-refractivity contribution in [3.05, 3.63) is 42.0 Å². The first-order chi connectivity index (χ1) is 20.3. The molecule has 0 aliphatic carbocycles. The lowest BCUT2D eigenvalue weighted by Gasteiger charge is -2.32. The van der Waals surface area contributed by atoms with Crippen molar-refractivity contribution in [1.82, 2.24) is 9.97 Å². The second-order valence-corrected chi connectivity index (χ2v) is 9.75. The molecule has 2 aromatic rings. The smallest absolute Gasteiger partial charge is 0.437 e. The zero-order chi connectivity index (χ0) is 29.9. The number of carbonyl (C=O) groups is 2. The van der Waals surface area contributed by atoms with Gasteiger partial charge in [0.25, 0.3) is 0 Å². The second-order valence-electron chi connectivity index (χ2n) is 9.75. The summed E-state index contributed by atoms with van der Waals surface area (Å²) < 4.78 is 36.5. The van der Waals surface area contributed by atoms with E-state index in [9.17, 15) is 9.59 Å². The van der Waals surface area contributed by atoms with Gasteiger partial charge >= 0.3 is 12.1 Å². The first-order valence-electron chi connectivity index (χ1n) is 13.4. The molecule has 1 amide bonds. The van der Waals surface area contributed by atoms with Gasteiger partial charge in [-0.25, -0.2) is 19.2 Å². The molecule has 2 saturated heterocycles. The fraction of sp³-hybridized carbons (Fsp3) is 0.481. The van der Waals surface area contributed by atoms with Crippen LogP contribution in [0.3, 0.4) is 0 Å². The third-order valence-corrected chi connectivity index (χ3v) is 6.31. The van der Waals surface area contributed by atoms with Crippen molar-refractivity contribution in [2.75, 3.05) is 44.4 Å². The predicted octanol–water partition coefficient (Wildman–Crippen LogP) is 2.11. The second kappa shape index (κ2) is 15.0.